The van der Waals surface area contributed by atoms with Gasteiger partial charge in [0.15, 0.2) is 0 Å². The van der Waals surface area contributed by atoms with E-state index in [0.29, 0.717) is 24.7 Å². The van der Waals surface area contributed by atoms with Gasteiger partial charge in [-0.1, -0.05) is 0 Å². The van der Waals surface area contributed by atoms with Gasteiger partial charge in [0.25, 0.3) is 5.91 Å². The molecule has 1 N–H and O–H groups in total. The van der Waals surface area contributed by atoms with E-state index in [1.807, 2.05) is 25.8 Å². The lowest BCUT2D eigenvalue weighted by atomic mass is 10.2. The van der Waals surface area contributed by atoms with Crippen molar-refractivity contribution in [1.82, 2.24) is 20.3 Å². The van der Waals surface area contributed by atoms with Crippen LogP contribution in [0.1, 0.15) is 31.1 Å². The highest BCUT2D eigenvalue weighted by Crippen LogP contribution is 2.10. The van der Waals surface area contributed by atoms with Crippen molar-refractivity contribution in [3.8, 4) is 5.88 Å². The summed E-state index contributed by atoms with van der Waals surface area (Å²) in [5.41, 5.74) is 3.25. The van der Waals surface area contributed by atoms with Crippen molar-refractivity contribution < 1.29 is 14.3 Å². The van der Waals surface area contributed by atoms with Crippen molar-refractivity contribution in [2.45, 2.75) is 26.4 Å². The Kier molecular flexibility index (Phi) is 6.53. The minimum atomic E-state index is -0.179. The molecule has 0 bridgehead atoms. The van der Waals surface area contributed by atoms with Crippen molar-refractivity contribution in [3.05, 3.63) is 23.9 Å². The summed E-state index contributed by atoms with van der Waals surface area (Å²) in [5.74, 6) is 0.346. The van der Waals surface area contributed by atoms with Gasteiger partial charge in [0.05, 0.1) is 17.8 Å². The minimum Gasteiger partial charge on any atom is -0.475 e. The number of aromatic nitrogens is 1. The quantitative estimate of drug-likeness (QED) is 0.787. The van der Waals surface area contributed by atoms with Crippen LogP contribution in [0.3, 0.4) is 0 Å². The average Bonchev–Trinajstić information content (AvgIpc) is 2.53. The second-order valence-corrected chi connectivity index (χ2v) is 6.93. The molecule has 1 aliphatic rings. The number of likely N-dealkylation sites (N-methyl/N-ethyl adjacent to an activating group) is 1. The number of hydrogen-bond donors (Lipinski definition) is 1. The summed E-state index contributed by atoms with van der Waals surface area (Å²) in [4.78, 5) is 18.6. The SMILES string of the molecule is CN1CCN(NC(=O)c2ccc(OCCOC(C)(C)C)nc2)CC1. The Hall–Kier alpha value is -1.70. The summed E-state index contributed by atoms with van der Waals surface area (Å²) in [6, 6.07) is 3.42. The summed E-state index contributed by atoms with van der Waals surface area (Å²) in [6.45, 7) is 10.5. The van der Waals surface area contributed by atoms with Gasteiger partial charge in [-0.05, 0) is 33.9 Å². The van der Waals surface area contributed by atoms with Crippen LogP contribution in [0.2, 0.25) is 0 Å². The number of nitrogens with zero attached hydrogens (tertiary/aromatic N) is 3. The van der Waals surface area contributed by atoms with Gasteiger partial charge in [0, 0.05) is 38.4 Å². The molecule has 1 aromatic rings. The van der Waals surface area contributed by atoms with Crippen molar-refractivity contribution in [2.75, 3.05) is 46.4 Å². The predicted octanol–water partition coefficient (Wildman–Crippen LogP) is 1.17. The first kappa shape index (κ1) is 18.6. The number of carbonyl (C=O) groups is 1. The van der Waals surface area contributed by atoms with Crippen LogP contribution >= 0.6 is 0 Å². The molecule has 0 aliphatic carbocycles. The Labute approximate surface area is 143 Å². The fourth-order valence-electron chi connectivity index (χ4n) is 2.22. The highest BCUT2D eigenvalue weighted by Gasteiger charge is 2.16. The van der Waals surface area contributed by atoms with Gasteiger partial charge in [0.2, 0.25) is 5.88 Å². The molecule has 2 rings (SSSR count). The molecule has 24 heavy (non-hydrogen) atoms. The molecule has 0 aromatic carbocycles. The zero-order chi connectivity index (χ0) is 17.6. The van der Waals surface area contributed by atoms with Crippen LogP contribution in [-0.2, 0) is 4.74 Å². The van der Waals surface area contributed by atoms with Gasteiger partial charge >= 0.3 is 0 Å². The molecule has 0 atom stereocenters. The maximum Gasteiger partial charge on any atom is 0.267 e. The molecule has 1 amide bonds. The van der Waals surface area contributed by atoms with Gasteiger partial charge in [-0.25, -0.2) is 9.99 Å². The van der Waals surface area contributed by atoms with E-state index >= 15 is 0 Å². The van der Waals surface area contributed by atoms with Gasteiger partial charge in [-0.3, -0.25) is 10.2 Å². The Morgan fingerprint density at radius 2 is 1.92 bits per heavy atom. The van der Waals surface area contributed by atoms with E-state index in [9.17, 15) is 4.79 Å². The summed E-state index contributed by atoms with van der Waals surface area (Å²) in [7, 11) is 2.08. The van der Waals surface area contributed by atoms with Gasteiger partial charge in [0.1, 0.15) is 6.61 Å². The van der Waals surface area contributed by atoms with E-state index in [4.69, 9.17) is 9.47 Å². The Bertz CT molecular complexity index is 520. The summed E-state index contributed by atoms with van der Waals surface area (Å²) in [6.07, 6.45) is 1.53. The molecule has 7 nitrogen and oxygen atoms in total. The van der Waals surface area contributed by atoms with E-state index < -0.39 is 0 Å². The van der Waals surface area contributed by atoms with Gasteiger partial charge in [-0.2, -0.15) is 0 Å². The van der Waals surface area contributed by atoms with Crippen LogP contribution in [0.15, 0.2) is 18.3 Å². The number of amides is 1. The standard InChI is InChI=1S/C17H28N4O3/c1-17(2,3)24-12-11-23-15-6-5-14(13-18-15)16(22)19-21-9-7-20(4)8-10-21/h5-6,13H,7-12H2,1-4H3,(H,19,22). The van der Waals surface area contributed by atoms with Crippen molar-refractivity contribution in [3.63, 3.8) is 0 Å². The molecular weight excluding hydrogens is 308 g/mol. The Morgan fingerprint density at radius 3 is 2.50 bits per heavy atom. The first-order valence-electron chi connectivity index (χ1n) is 8.31. The molecule has 0 radical (unpaired) electrons. The molecule has 134 valence electrons. The third kappa shape index (κ3) is 6.43. The molecular formula is C17H28N4O3. The van der Waals surface area contributed by atoms with Crippen LogP contribution in [-0.4, -0.2) is 72.8 Å². The molecule has 1 aliphatic heterocycles. The maximum absolute atomic E-state index is 12.2. The monoisotopic (exact) mass is 336 g/mol. The Balaban J connectivity index is 1.75. The second-order valence-electron chi connectivity index (χ2n) is 6.93. The van der Waals surface area contributed by atoms with Crippen LogP contribution in [0.5, 0.6) is 5.88 Å². The molecule has 1 fully saturated rings. The van der Waals surface area contributed by atoms with Crippen molar-refractivity contribution in [1.29, 1.82) is 0 Å². The van der Waals surface area contributed by atoms with Crippen LogP contribution < -0.4 is 10.2 Å². The number of pyridine rings is 1. The lowest BCUT2D eigenvalue weighted by Gasteiger charge is -2.32. The van der Waals surface area contributed by atoms with E-state index in [1.165, 1.54) is 6.20 Å². The Morgan fingerprint density at radius 1 is 1.21 bits per heavy atom. The molecule has 1 aromatic heterocycles. The van der Waals surface area contributed by atoms with Crippen LogP contribution in [0.4, 0.5) is 0 Å². The fraction of sp³-hybridized carbons (Fsp3) is 0.647. The lowest BCUT2D eigenvalue weighted by Crippen LogP contribution is -2.52. The molecule has 7 heteroatoms. The van der Waals surface area contributed by atoms with Crippen molar-refractivity contribution >= 4 is 5.91 Å². The molecule has 0 spiro atoms. The fourth-order valence-corrected chi connectivity index (χ4v) is 2.22. The highest BCUT2D eigenvalue weighted by atomic mass is 16.5. The summed E-state index contributed by atoms with van der Waals surface area (Å²) >= 11 is 0. The van der Waals surface area contributed by atoms with E-state index in [0.717, 1.165) is 26.2 Å². The largest absolute Gasteiger partial charge is 0.475 e. The molecule has 0 saturated carbocycles. The zero-order valence-corrected chi connectivity index (χ0v) is 15.0. The zero-order valence-electron chi connectivity index (χ0n) is 15.0. The molecule has 0 unspecified atom stereocenters. The smallest absolute Gasteiger partial charge is 0.267 e. The molecule has 2 heterocycles. The normalized spacial score (nSPS) is 16.8. The summed E-state index contributed by atoms with van der Waals surface area (Å²) in [5, 5.41) is 1.94. The maximum atomic E-state index is 12.2. The highest BCUT2D eigenvalue weighted by molar-refractivity contribution is 5.93. The van der Waals surface area contributed by atoms with E-state index in [1.54, 1.807) is 12.1 Å². The minimum absolute atomic E-state index is 0.144. The topological polar surface area (TPSA) is 66.9 Å². The predicted molar refractivity (Wildman–Crippen MR) is 92.0 cm³/mol. The number of hydrazine groups is 1. The van der Waals surface area contributed by atoms with Gasteiger partial charge in [-0.15, -0.1) is 0 Å². The number of carbonyl (C=O) groups excluding carboxylic acids is 1. The number of piperazine rings is 1. The van der Waals surface area contributed by atoms with Crippen LogP contribution in [0.25, 0.3) is 0 Å². The van der Waals surface area contributed by atoms with E-state index in [2.05, 4.69) is 22.4 Å². The second kappa shape index (κ2) is 8.41. The summed E-state index contributed by atoms with van der Waals surface area (Å²) < 4.78 is 11.1. The van der Waals surface area contributed by atoms with E-state index in [-0.39, 0.29) is 11.5 Å². The van der Waals surface area contributed by atoms with Crippen LogP contribution in [0, 0.1) is 0 Å². The average molecular weight is 336 g/mol. The number of ether oxygens (including phenoxy) is 2. The van der Waals surface area contributed by atoms with Gasteiger partial charge < -0.3 is 14.4 Å². The third-order valence-corrected chi connectivity index (χ3v) is 3.63. The first-order valence-corrected chi connectivity index (χ1v) is 8.31. The number of hydrogen-bond acceptors (Lipinski definition) is 6. The third-order valence-electron chi connectivity index (χ3n) is 3.63. The number of rotatable bonds is 6. The van der Waals surface area contributed by atoms with Crippen molar-refractivity contribution in [2.24, 2.45) is 0 Å². The number of nitrogens with one attached hydrogen (secondary N) is 1. The molecule has 1 saturated heterocycles. The first-order chi connectivity index (χ1) is 11.3. The lowest BCUT2D eigenvalue weighted by molar-refractivity contribution is -0.0168.